The number of rotatable bonds is 7. The molecule has 0 aliphatic heterocycles. The van der Waals surface area contributed by atoms with Crippen LogP contribution >= 0.6 is 11.3 Å². The summed E-state index contributed by atoms with van der Waals surface area (Å²) >= 11 is 1.22. The van der Waals surface area contributed by atoms with E-state index in [9.17, 15) is 14.4 Å². The van der Waals surface area contributed by atoms with E-state index >= 15 is 0 Å². The fraction of sp³-hybridized carbons (Fsp3) is 0.227. The van der Waals surface area contributed by atoms with Crippen molar-refractivity contribution in [3.8, 4) is 22.0 Å². The molecule has 0 unspecified atom stereocenters. The Morgan fingerprint density at radius 2 is 2.00 bits per heavy atom. The summed E-state index contributed by atoms with van der Waals surface area (Å²) in [5, 5.41) is 13.4. The van der Waals surface area contributed by atoms with Gasteiger partial charge in [0.15, 0.2) is 6.10 Å². The lowest BCUT2D eigenvalue weighted by molar-refractivity contribution is 0.0439. The Labute approximate surface area is 203 Å². The van der Waals surface area contributed by atoms with Crippen LogP contribution in [0.5, 0.6) is 0 Å². The second-order valence-electron chi connectivity index (χ2n) is 7.89. The van der Waals surface area contributed by atoms with Gasteiger partial charge in [-0.1, -0.05) is 19.9 Å². The number of pyridine rings is 1. The molecule has 12 nitrogen and oxygen atoms in total. The van der Waals surface area contributed by atoms with Gasteiger partial charge in [0, 0.05) is 36.6 Å². The average molecular weight is 495 g/mol. The van der Waals surface area contributed by atoms with Crippen LogP contribution in [0.3, 0.4) is 0 Å². The minimum absolute atomic E-state index is 0.192. The Morgan fingerprint density at radius 1 is 1.20 bits per heavy atom. The number of thiazole rings is 1. The van der Waals surface area contributed by atoms with Crippen LogP contribution in [0.4, 0.5) is 10.5 Å². The smallest absolute Gasteiger partial charge is 0.405 e. The first-order valence-corrected chi connectivity index (χ1v) is 11.4. The third kappa shape index (κ3) is 5.24. The molecule has 13 heteroatoms. The fourth-order valence-electron chi connectivity index (χ4n) is 3.25. The van der Waals surface area contributed by atoms with Crippen molar-refractivity contribution in [3.05, 3.63) is 54.1 Å². The molecule has 0 aromatic carbocycles. The van der Waals surface area contributed by atoms with Crippen LogP contribution in [-0.2, 0) is 11.8 Å². The lowest BCUT2D eigenvalue weighted by Gasteiger charge is -2.18. The molecule has 0 saturated carbocycles. The molecular formula is C22H22N8O4S. The van der Waals surface area contributed by atoms with Crippen LogP contribution < -0.4 is 11.1 Å². The van der Waals surface area contributed by atoms with E-state index in [1.807, 2.05) is 6.07 Å². The molecule has 4 rings (SSSR count). The molecular weight excluding hydrogens is 472 g/mol. The first-order chi connectivity index (χ1) is 16.7. The molecule has 0 saturated heterocycles. The van der Waals surface area contributed by atoms with Crippen molar-refractivity contribution in [1.29, 1.82) is 0 Å². The Kier molecular flexibility index (Phi) is 6.68. The van der Waals surface area contributed by atoms with Crippen molar-refractivity contribution in [2.75, 3.05) is 5.32 Å². The van der Waals surface area contributed by atoms with Crippen LogP contribution in [0.1, 0.15) is 29.1 Å². The maximum Gasteiger partial charge on any atom is 0.405 e. The van der Waals surface area contributed by atoms with E-state index in [1.165, 1.54) is 23.7 Å². The van der Waals surface area contributed by atoms with Crippen molar-refractivity contribution >= 4 is 34.9 Å². The molecule has 4 aromatic rings. The molecule has 0 aliphatic rings. The predicted molar refractivity (Wildman–Crippen MR) is 128 cm³/mol. The normalized spacial score (nSPS) is 11.9. The highest BCUT2D eigenvalue weighted by Gasteiger charge is 2.28. The number of anilines is 1. The first-order valence-electron chi connectivity index (χ1n) is 10.5. The summed E-state index contributed by atoms with van der Waals surface area (Å²) in [7, 11) is 1.75. The highest BCUT2D eigenvalue weighted by Crippen LogP contribution is 2.27. The zero-order chi connectivity index (χ0) is 25.1. The summed E-state index contributed by atoms with van der Waals surface area (Å²) in [6.07, 6.45) is 4.12. The second kappa shape index (κ2) is 9.85. The van der Waals surface area contributed by atoms with E-state index in [0.717, 1.165) is 4.68 Å². The van der Waals surface area contributed by atoms with Gasteiger partial charge in [0.2, 0.25) is 0 Å². The van der Waals surface area contributed by atoms with Crippen LogP contribution in [0, 0.1) is 5.92 Å². The highest BCUT2D eigenvalue weighted by molar-refractivity contribution is 7.13. The third-order valence-corrected chi connectivity index (χ3v) is 5.76. The fourth-order valence-corrected chi connectivity index (χ4v) is 4.03. The van der Waals surface area contributed by atoms with Crippen LogP contribution in [-0.4, -0.2) is 53.5 Å². The van der Waals surface area contributed by atoms with Gasteiger partial charge in [-0.3, -0.25) is 19.3 Å². The molecule has 0 radical (unpaired) electrons. The lowest BCUT2D eigenvalue weighted by atomic mass is 10.1. The number of nitrogens with one attached hydrogen (secondary N) is 1. The standard InChI is InChI=1S/C22H22N8O4S/c1-12(2)18(34-22(23)33)21(32)30-9-13(8-25-30)20-27-16(11-35-20)19(31)26-15-10-29(3)28-17(15)14-6-4-5-7-24-14/h4-12,18H,1-3H3,(H2,23,33)(H,26,31)/t18-/m1/s1. The molecule has 0 spiro atoms. The number of ether oxygens (including phenoxy) is 1. The van der Waals surface area contributed by atoms with Crippen molar-refractivity contribution in [1.82, 2.24) is 29.5 Å². The van der Waals surface area contributed by atoms with E-state index in [0.29, 0.717) is 27.6 Å². The number of nitrogens with zero attached hydrogens (tertiary/aromatic N) is 6. The van der Waals surface area contributed by atoms with Gasteiger partial charge in [0.1, 0.15) is 16.4 Å². The summed E-state index contributed by atoms with van der Waals surface area (Å²) < 4.78 is 7.59. The highest BCUT2D eigenvalue weighted by atomic mass is 32.1. The van der Waals surface area contributed by atoms with Crippen LogP contribution in [0.15, 0.2) is 48.4 Å². The molecule has 0 aliphatic carbocycles. The van der Waals surface area contributed by atoms with Gasteiger partial charge >= 0.3 is 6.09 Å². The maximum atomic E-state index is 12.9. The van der Waals surface area contributed by atoms with Gasteiger partial charge in [0.05, 0.1) is 17.6 Å². The minimum Gasteiger partial charge on any atom is -0.436 e. The summed E-state index contributed by atoms with van der Waals surface area (Å²) in [5.74, 6) is -1.27. The quantitative estimate of drug-likeness (QED) is 0.396. The van der Waals surface area contributed by atoms with E-state index in [2.05, 4.69) is 25.5 Å². The first kappa shape index (κ1) is 23.8. The largest absolute Gasteiger partial charge is 0.436 e. The van der Waals surface area contributed by atoms with Gasteiger partial charge in [-0.15, -0.1) is 11.3 Å². The summed E-state index contributed by atoms with van der Waals surface area (Å²) in [6, 6.07) is 5.44. The van der Waals surface area contributed by atoms with Crippen LogP contribution in [0.2, 0.25) is 0 Å². The number of aryl methyl sites for hydroxylation is 1. The molecule has 0 fully saturated rings. The summed E-state index contributed by atoms with van der Waals surface area (Å²) in [5.41, 5.74) is 7.45. The Balaban J connectivity index is 1.51. The Hall–Kier alpha value is -4.39. The second-order valence-corrected chi connectivity index (χ2v) is 8.74. The van der Waals surface area contributed by atoms with E-state index < -0.39 is 24.0 Å². The molecule has 180 valence electrons. The predicted octanol–water partition coefficient (Wildman–Crippen LogP) is 2.81. The zero-order valence-electron chi connectivity index (χ0n) is 19.1. The van der Waals surface area contributed by atoms with Crippen molar-refractivity contribution in [3.63, 3.8) is 0 Å². The number of carbonyl (C=O) groups excluding carboxylic acids is 3. The van der Waals surface area contributed by atoms with Gasteiger partial charge < -0.3 is 15.8 Å². The number of carbonyl (C=O) groups is 3. The summed E-state index contributed by atoms with van der Waals surface area (Å²) in [6.45, 7) is 3.45. The molecule has 4 heterocycles. The average Bonchev–Trinajstić information content (AvgIpc) is 3.57. The van der Waals surface area contributed by atoms with Gasteiger partial charge in [0.25, 0.3) is 11.8 Å². The zero-order valence-corrected chi connectivity index (χ0v) is 19.9. The number of aromatic nitrogens is 6. The van der Waals surface area contributed by atoms with Gasteiger partial charge in [-0.25, -0.2) is 14.5 Å². The molecule has 2 amide bonds. The number of amides is 2. The van der Waals surface area contributed by atoms with Crippen molar-refractivity contribution < 1.29 is 19.1 Å². The molecule has 3 N–H and O–H groups in total. The van der Waals surface area contributed by atoms with Crippen molar-refractivity contribution in [2.24, 2.45) is 18.7 Å². The monoisotopic (exact) mass is 494 g/mol. The molecule has 0 bridgehead atoms. The molecule has 35 heavy (non-hydrogen) atoms. The SMILES string of the molecule is CC(C)[C@@H](OC(N)=O)C(=O)n1cc(-c2nc(C(=O)Nc3cn(C)nc3-c3ccccn3)cs2)cn1. The van der Waals surface area contributed by atoms with Gasteiger partial charge in [-0.05, 0) is 18.1 Å². The lowest BCUT2D eigenvalue weighted by Crippen LogP contribution is -2.37. The minimum atomic E-state index is -1.08. The number of hydrogen-bond acceptors (Lipinski definition) is 9. The van der Waals surface area contributed by atoms with Crippen LogP contribution in [0.25, 0.3) is 22.0 Å². The van der Waals surface area contributed by atoms with Crippen molar-refractivity contribution in [2.45, 2.75) is 20.0 Å². The number of hydrogen-bond donors (Lipinski definition) is 2. The molecule has 4 aromatic heterocycles. The number of nitrogens with two attached hydrogens (primary N) is 1. The third-order valence-electron chi connectivity index (χ3n) is 4.87. The Morgan fingerprint density at radius 3 is 2.69 bits per heavy atom. The number of primary amides is 1. The van der Waals surface area contributed by atoms with E-state index in [1.54, 1.807) is 55.5 Å². The van der Waals surface area contributed by atoms with Gasteiger partial charge in [-0.2, -0.15) is 10.2 Å². The van der Waals surface area contributed by atoms with E-state index in [4.69, 9.17) is 10.5 Å². The molecule has 1 atom stereocenters. The summed E-state index contributed by atoms with van der Waals surface area (Å²) in [4.78, 5) is 45.4. The maximum absolute atomic E-state index is 12.9. The topological polar surface area (TPSA) is 160 Å². The Bertz CT molecular complexity index is 1380. The van der Waals surface area contributed by atoms with E-state index in [-0.39, 0.29) is 11.6 Å².